The molecule has 0 radical (unpaired) electrons. The Morgan fingerprint density at radius 2 is 1.94 bits per heavy atom. The third-order valence-electron chi connectivity index (χ3n) is 3.58. The van der Waals surface area contributed by atoms with E-state index in [0.29, 0.717) is 6.42 Å². The molecule has 1 rings (SSSR count). The van der Waals surface area contributed by atoms with Crippen LogP contribution in [0, 0.1) is 17.3 Å². The number of hydrogen-bond acceptors (Lipinski definition) is 4. The zero-order valence-electron chi connectivity index (χ0n) is 10.1. The maximum Gasteiger partial charge on any atom is 0.312 e. The first-order chi connectivity index (χ1) is 7.48. The van der Waals surface area contributed by atoms with E-state index >= 15 is 0 Å². The number of esters is 2. The zero-order valence-corrected chi connectivity index (χ0v) is 10.1. The van der Waals surface area contributed by atoms with Gasteiger partial charge in [0.2, 0.25) is 0 Å². The van der Waals surface area contributed by atoms with Crippen LogP contribution in [0.15, 0.2) is 12.2 Å². The lowest BCUT2D eigenvalue weighted by Crippen LogP contribution is -2.47. The minimum Gasteiger partial charge on any atom is -0.469 e. The lowest BCUT2D eigenvalue weighted by molar-refractivity contribution is -0.168. The van der Waals surface area contributed by atoms with E-state index in [2.05, 4.69) is 0 Å². The molecule has 4 heteroatoms. The summed E-state index contributed by atoms with van der Waals surface area (Å²) in [7, 11) is 2.68. The standard InChI is InChI=1S/C12H18O4/c1-8-6-5-7-9(10(13)15-3)12(8,2)11(14)16-4/h5-6,8-9H,7H2,1-4H3. The highest BCUT2D eigenvalue weighted by Gasteiger charge is 2.50. The van der Waals surface area contributed by atoms with Gasteiger partial charge in [0.05, 0.1) is 25.6 Å². The first-order valence-corrected chi connectivity index (χ1v) is 5.31. The van der Waals surface area contributed by atoms with Gasteiger partial charge in [0, 0.05) is 0 Å². The molecule has 1 aliphatic carbocycles. The first-order valence-electron chi connectivity index (χ1n) is 5.31. The molecule has 0 heterocycles. The Labute approximate surface area is 95.6 Å². The van der Waals surface area contributed by atoms with Gasteiger partial charge in [-0.2, -0.15) is 0 Å². The smallest absolute Gasteiger partial charge is 0.312 e. The average Bonchev–Trinajstić information content (AvgIpc) is 2.30. The number of allylic oxidation sites excluding steroid dienone is 2. The van der Waals surface area contributed by atoms with Crippen molar-refractivity contribution in [1.29, 1.82) is 0 Å². The average molecular weight is 226 g/mol. The third-order valence-corrected chi connectivity index (χ3v) is 3.58. The molecule has 3 unspecified atom stereocenters. The molecular weight excluding hydrogens is 208 g/mol. The maximum absolute atomic E-state index is 11.9. The Kier molecular flexibility index (Phi) is 3.73. The van der Waals surface area contributed by atoms with Crippen LogP contribution in [0.5, 0.6) is 0 Å². The highest BCUT2D eigenvalue weighted by Crippen LogP contribution is 2.43. The molecule has 0 spiro atoms. The summed E-state index contributed by atoms with van der Waals surface area (Å²) in [5, 5.41) is 0. The molecule has 0 amide bonds. The fourth-order valence-electron chi connectivity index (χ4n) is 2.21. The van der Waals surface area contributed by atoms with Crippen molar-refractivity contribution in [2.24, 2.45) is 17.3 Å². The van der Waals surface area contributed by atoms with Crippen molar-refractivity contribution in [1.82, 2.24) is 0 Å². The summed E-state index contributed by atoms with van der Waals surface area (Å²) in [6, 6.07) is 0. The number of ether oxygens (including phenoxy) is 2. The molecule has 3 atom stereocenters. The number of rotatable bonds is 2. The van der Waals surface area contributed by atoms with Gasteiger partial charge in [-0.05, 0) is 19.3 Å². The minimum atomic E-state index is -0.837. The quantitative estimate of drug-likeness (QED) is 0.529. The van der Waals surface area contributed by atoms with E-state index in [1.165, 1.54) is 14.2 Å². The van der Waals surface area contributed by atoms with Crippen LogP contribution in [0.2, 0.25) is 0 Å². The van der Waals surface area contributed by atoms with Crippen molar-refractivity contribution in [3.63, 3.8) is 0 Å². The largest absolute Gasteiger partial charge is 0.469 e. The zero-order chi connectivity index (χ0) is 12.3. The summed E-state index contributed by atoms with van der Waals surface area (Å²) in [4.78, 5) is 23.6. The summed E-state index contributed by atoms with van der Waals surface area (Å²) < 4.78 is 9.55. The predicted molar refractivity (Wildman–Crippen MR) is 58.6 cm³/mol. The SMILES string of the molecule is COC(=O)C1CC=CC(C)C1(C)C(=O)OC. The lowest BCUT2D eigenvalue weighted by atomic mass is 9.64. The molecule has 0 aromatic heterocycles. The molecule has 16 heavy (non-hydrogen) atoms. The molecule has 90 valence electrons. The molecule has 0 aliphatic heterocycles. The van der Waals surface area contributed by atoms with Crippen LogP contribution in [-0.2, 0) is 19.1 Å². The minimum absolute atomic E-state index is 0.0437. The summed E-state index contributed by atoms with van der Waals surface area (Å²) >= 11 is 0. The van der Waals surface area contributed by atoms with Gasteiger partial charge in [0.1, 0.15) is 0 Å². The second-order valence-corrected chi connectivity index (χ2v) is 4.30. The van der Waals surface area contributed by atoms with E-state index in [4.69, 9.17) is 9.47 Å². The fraction of sp³-hybridized carbons (Fsp3) is 0.667. The van der Waals surface area contributed by atoms with Crippen molar-refractivity contribution in [3.05, 3.63) is 12.2 Å². The second-order valence-electron chi connectivity index (χ2n) is 4.30. The molecule has 0 aromatic rings. The van der Waals surface area contributed by atoms with Gasteiger partial charge in [0.25, 0.3) is 0 Å². The fourth-order valence-corrected chi connectivity index (χ4v) is 2.21. The Balaban J connectivity index is 3.11. The topological polar surface area (TPSA) is 52.6 Å². The molecule has 0 saturated heterocycles. The molecule has 0 bridgehead atoms. The van der Waals surface area contributed by atoms with Crippen LogP contribution in [-0.4, -0.2) is 26.2 Å². The van der Waals surface area contributed by atoms with Crippen molar-refractivity contribution in [2.45, 2.75) is 20.3 Å². The normalized spacial score (nSPS) is 33.2. The monoisotopic (exact) mass is 226 g/mol. The highest BCUT2D eigenvalue weighted by atomic mass is 16.5. The third kappa shape index (κ3) is 1.84. The molecule has 0 fully saturated rings. The van der Waals surface area contributed by atoms with Crippen LogP contribution in [0.3, 0.4) is 0 Å². The number of methoxy groups -OCH3 is 2. The van der Waals surface area contributed by atoms with E-state index < -0.39 is 11.3 Å². The van der Waals surface area contributed by atoms with Crippen molar-refractivity contribution < 1.29 is 19.1 Å². The van der Waals surface area contributed by atoms with Gasteiger partial charge >= 0.3 is 11.9 Å². The maximum atomic E-state index is 11.9. The number of carbonyl (C=O) groups excluding carboxylic acids is 2. The van der Waals surface area contributed by atoms with Crippen LogP contribution in [0.25, 0.3) is 0 Å². The summed E-state index contributed by atoms with van der Waals surface area (Å²) in [6.07, 6.45) is 4.37. The van der Waals surface area contributed by atoms with Crippen LogP contribution in [0.1, 0.15) is 20.3 Å². The molecule has 0 aromatic carbocycles. The Morgan fingerprint density at radius 1 is 1.31 bits per heavy atom. The lowest BCUT2D eigenvalue weighted by Gasteiger charge is -2.39. The number of hydrogen-bond donors (Lipinski definition) is 0. The van der Waals surface area contributed by atoms with E-state index in [1.54, 1.807) is 6.92 Å². The van der Waals surface area contributed by atoms with E-state index in [1.807, 2.05) is 19.1 Å². The molecule has 4 nitrogen and oxygen atoms in total. The summed E-state index contributed by atoms with van der Waals surface area (Å²) in [5.74, 6) is -1.23. The van der Waals surface area contributed by atoms with Gasteiger partial charge < -0.3 is 9.47 Å². The molecule has 1 aliphatic rings. The summed E-state index contributed by atoms with van der Waals surface area (Å²) in [5.41, 5.74) is -0.837. The van der Waals surface area contributed by atoms with Gasteiger partial charge in [0.15, 0.2) is 0 Å². The van der Waals surface area contributed by atoms with Gasteiger partial charge in [-0.15, -0.1) is 0 Å². The summed E-state index contributed by atoms with van der Waals surface area (Å²) in [6.45, 7) is 3.66. The highest BCUT2D eigenvalue weighted by molar-refractivity contribution is 5.86. The van der Waals surface area contributed by atoms with Gasteiger partial charge in [-0.25, -0.2) is 0 Å². The van der Waals surface area contributed by atoms with E-state index in [9.17, 15) is 9.59 Å². The van der Waals surface area contributed by atoms with E-state index in [0.717, 1.165) is 0 Å². The Bertz CT molecular complexity index is 321. The van der Waals surface area contributed by atoms with Crippen molar-refractivity contribution in [3.8, 4) is 0 Å². The van der Waals surface area contributed by atoms with Crippen LogP contribution < -0.4 is 0 Å². The second kappa shape index (κ2) is 4.68. The van der Waals surface area contributed by atoms with Crippen LogP contribution in [0.4, 0.5) is 0 Å². The van der Waals surface area contributed by atoms with Crippen molar-refractivity contribution >= 4 is 11.9 Å². The molecule has 0 saturated carbocycles. The number of carbonyl (C=O) groups is 2. The van der Waals surface area contributed by atoms with Gasteiger partial charge in [-0.1, -0.05) is 19.1 Å². The first kappa shape index (κ1) is 12.7. The van der Waals surface area contributed by atoms with E-state index in [-0.39, 0.29) is 17.9 Å². The van der Waals surface area contributed by atoms with Crippen molar-refractivity contribution in [2.75, 3.05) is 14.2 Å². The predicted octanol–water partition coefficient (Wildman–Crippen LogP) is 1.55. The Morgan fingerprint density at radius 3 is 2.44 bits per heavy atom. The molecular formula is C12H18O4. The Hall–Kier alpha value is -1.32. The molecule has 0 N–H and O–H groups in total. The van der Waals surface area contributed by atoms with Crippen LogP contribution >= 0.6 is 0 Å². The van der Waals surface area contributed by atoms with Gasteiger partial charge in [-0.3, -0.25) is 9.59 Å².